The molecule has 0 radical (unpaired) electrons. The minimum atomic E-state index is -0.596. The van der Waals surface area contributed by atoms with Crippen molar-refractivity contribution in [3.63, 3.8) is 0 Å². The van der Waals surface area contributed by atoms with E-state index in [0.29, 0.717) is 23.9 Å². The molecule has 29 heavy (non-hydrogen) atoms. The van der Waals surface area contributed by atoms with Crippen LogP contribution in [0.1, 0.15) is 30.4 Å². The molecule has 0 saturated heterocycles. The first kappa shape index (κ1) is 20.4. The SMILES string of the molecule is CCC(Oc1ccc(C)c(C)c1)C(=O)NCc1nc(-c2ccc(OC)cc2)no1. The van der Waals surface area contributed by atoms with Gasteiger partial charge < -0.3 is 19.3 Å². The summed E-state index contributed by atoms with van der Waals surface area (Å²) in [6, 6.07) is 13.1. The Morgan fingerprint density at radius 1 is 1.10 bits per heavy atom. The summed E-state index contributed by atoms with van der Waals surface area (Å²) in [4.78, 5) is 16.8. The first-order valence-corrected chi connectivity index (χ1v) is 9.48. The number of aromatic nitrogens is 2. The standard InChI is InChI=1S/C22H25N3O4/c1-5-19(28-18-9-6-14(2)15(3)12-18)22(26)23-13-20-24-21(25-29-20)16-7-10-17(27-4)11-8-16/h6-12,19H,5,13H2,1-4H3,(H,23,26). The Kier molecular flexibility index (Phi) is 6.49. The predicted molar refractivity (Wildman–Crippen MR) is 109 cm³/mol. The largest absolute Gasteiger partial charge is 0.497 e. The lowest BCUT2D eigenvalue weighted by atomic mass is 10.1. The zero-order valence-electron chi connectivity index (χ0n) is 17.1. The summed E-state index contributed by atoms with van der Waals surface area (Å²) in [6.07, 6.45) is -0.0549. The van der Waals surface area contributed by atoms with Gasteiger partial charge in [0.1, 0.15) is 11.5 Å². The molecule has 3 rings (SSSR count). The van der Waals surface area contributed by atoms with Gasteiger partial charge in [-0.3, -0.25) is 4.79 Å². The van der Waals surface area contributed by atoms with Crippen LogP contribution in [0.2, 0.25) is 0 Å². The van der Waals surface area contributed by atoms with Gasteiger partial charge in [-0.05, 0) is 67.8 Å². The number of carbonyl (C=O) groups is 1. The molecule has 2 aromatic carbocycles. The van der Waals surface area contributed by atoms with Gasteiger partial charge in [0, 0.05) is 5.56 Å². The normalized spacial score (nSPS) is 11.7. The van der Waals surface area contributed by atoms with E-state index >= 15 is 0 Å². The monoisotopic (exact) mass is 395 g/mol. The van der Waals surface area contributed by atoms with E-state index in [-0.39, 0.29) is 12.5 Å². The van der Waals surface area contributed by atoms with Crippen LogP contribution in [0.5, 0.6) is 11.5 Å². The van der Waals surface area contributed by atoms with E-state index in [9.17, 15) is 4.79 Å². The van der Waals surface area contributed by atoms with Gasteiger partial charge >= 0.3 is 0 Å². The van der Waals surface area contributed by atoms with Crippen molar-refractivity contribution in [3.8, 4) is 22.9 Å². The highest BCUT2D eigenvalue weighted by Crippen LogP contribution is 2.20. The fourth-order valence-corrected chi connectivity index (χ4v) is 2.73. The Hall–Kier alpha value is -3.35. The quantitative estimate of drug-likeness (QED) is 0.624. The van der Waals surface area contributed by atoms with Crippen LogP contribution in [0, 0.1) is 13.8 Å². The molecule has 0 saturated carbocycles. The van der Waals surface area contributed by atoms with Crippen molar-refractivity contribution in [2.45, 2.75) is 39.8 Å². The highest BCUT2D eigenvalue weighted by molar-refractivity contribution is 5.81. The maximum Gasteiger partial charge on any atom is 0.261 e. The number of ether oxygens (including phenoxy) is 2. The van der Waals surface area contributed by atoms with E-state index in [1.807, 2.05) is 63.2 Å². The number of aryl methyl sites for hydroxylation is 2. The maximum absolute atomic E-state index is 12.5. The third-order valence-corrected chi connectivity index (χ3v) is 4.65. The van der Waals surface area contributed by atoms with Gasteiger partial charge in [0.2, 0.25) is 11.7 Å². The smallest absolute Gasteiger partial charge is 0.261 e. The summed E-state index contributed by atoms with van der Waals surface area (Å²) in [5.74, 6) is 1.98. The number of benzene rings is 2. The molecule has 0 aliphatic carbocycles. The molecule has 1 amide bonds. The topological polar surface area (TPSA) is 86.5 Å². The number of rotatable bonds is 8. The number of methoxy groups -OCH3 is 1. The molecular formula is C22H25N3O4. The van der Waals surface area contributed by atoms with Gasteiger partial charge in [-0.1, -0.05) is 18.1 Å². The summed E-state index contributed by atoms with van der Waals surface area (Å²) < 4.78 is 16.2. The lowest BCUT2D eigenvalue weighted by molar-refractivity contribution is -0.128. The van der Waals surface area contributed by atoms with Crippen LogP contribution in [0.15, 0.2) is 47.0 Å². The number of amides is 1. The van der Waals surface area contributed by atoms with Crippen LogP contribution in [-0.4, -0.2) is 29.3 Å². The van der Waals surface area contributed by atoms with Crippen LogP contribution in [0.4, 0.5) is 0 Å². The van der Waals surface area contributed by atoms with Crippen molar-refractivity contribution in [3.05, 3.63) is 59.5 Å². The molecule has 0 aliphatic heterocycles. The Balaban J connectivity index is 1.58. The van der Waals surface area contributed by atoms with Crippen LogP contribution >= 0.6 is 0 Å². The minimum Gasteiger partial charge on any atom is -0.497 e. The first-order chi connectivity index (χ1) is 14.0. The highest BCUT2D eigenvalue weighted by Gasteiger charge is 2.19. The molecule has 1 aromatic heterocycles. The minimum absolute atomic E-state index is 0.134. The van der Waals surface area contributed by atoms with Gasteiger partial charge in [0.05, 0.1) is 13.7 Å². The Morgan fingerprint density at radius 2 is 1.83 bits per heavy atom. The molecule has 1 atom stereocenters. The number of hydrogen-bond acceptors (Lipinski definition) is 6. The zero-order chi connectivity index (χ0) is 20.8. The van der Waals surface area contributed by atoms with E-state index in [1.165, 1.54) is 5.56 Å². The average Bonchev–Trinajstić information content (AvgIpc) is 3.22. The average molecular weight is 395 g/mol. The molecule has 7 heteroatoms. The van der Waals surface area contributed by atoms with Gasteiger partial charge in [0.15, 0.2) is 6.10 Å². The van der Waals surface area contributed by atoms with E-state index in [4.69, 9.17) is 14.0 Å². The fraction of sp³-hybridized carbons (Fsp3) is 0.318. The third kappa shape index (κ3) is 5.13. The van der Waals surface area contributed by atoms with Gasteiger partial charge in [-0.15, -0.1) is 0 Å². The fourth-order valence-electron chi connectivity index (χ4n) is 2.73. The van der Waals surface area contributed by atoms with Crippen LogP contribution in [0.25, 0.3) is 11.4 Å². The lowest BCUT2D eigenvalue weighted by Crippen LogP contribution is -2.37. The molecule has 152 valence electrons. The van der Waals surface area contributed by atoms with Gasteiger partial charge in [0.25, 0.3) is 5.91 Å². The van der Waals surface area contributed by atoms with E-state index in [1.54, 1.807) is 7.11 Å². The molecule has 3 aromatic rings. The zero-order valence-corrected chi connectivity index (χ0v) is 17.1. The Labute approximate surface area is 170 Å². The molecular weight excluding hydrogens is 370 g/mol. The van der Waals surface area contributed by atoms with Crippen LogP contribution in [0.3, 0.4) is 0 Å². The first-order valence-electron chi connectivity index (χ1n) is 9.48. The molecule has 1 heterocycles. The summed E-state index contributed by atoms with van der Waals surface area (Å²) in [7, 11) is 1.61. The second kappa shape index (κ2) is 9.23. The molecule has 1 N–H and O–H groups in total. The summed E-state index contributed by atoms with van der Waals surface area (Å²) in [5, 5.41) is 6.76. The van der Waals surface area contributed by atoms with E-state index in [0.717, 1.165) is 16.9 Å². The molecule has 1 unspecified atom stereocenters. The van der Waals surface area contributed by atoms with Crippen LogP contribution in [-0.2, 0) is 11.3 Å². The summed E-state index contributed by atoms with van der Waals surface area (Å²) >= 11 is 0. The number of nitrogens with zero attached hydrogens (tertiary/aromatic N) is 2. The third-order valence-electron chi connectivity index (χ3n) is 4.65. The van der Waals surface area contributed by atoms with Crippen molar-refractivity contribution >= 4 is 5.91 Å². The van der Waals surface area contributed by atoms with E-state index in [2.05, 4.69) is 15.5 Å². The van der Waals surface area contributed by atoms with Crippen molar-refractivity contribution in [1.82, 2.24) is 15.5 Å². The van der Waals surface area contributed by atoms with Crippen molar-refractivity contribution in [1.29, 1.82) is 0 Å². The number of hydrogen-bond donors (Lipinski definition) is 1. The van der Waals surface area contributed by atoms with Crippen LogP contribution < -0.4 is 14.8 Å². The summed E-state index contributed by atoms with van der Waals surface area (Å²) in [6.45, 7) is 6.08. The van der Waals surface area contributed by atoms with Crippen molar-refractivity contribution in [2.75, 3.05) is 7.11 Å². The van der Waals surface area contributed by atoms with E-state index < -0.39 is 6.10 Å². The number of carbonyl (C=O) groups excluding carboxylic acids is 1. The molecule has 0 aliphatic rings. The second-order valence-corrected chi connectivity index (χ2v) is 6.72. The molecule has 0 spiro atoms. The molecule has 7 nitrogen and oxygen atoms in total. The van der Waals surface area contributed by atoms with Crippen molar-refractivity contribution < 1.29 is 18.8 Å². The van der Waals surface area contributed by atoms with Gasteiger partial charge in [-0.2, -0.15) is 4.98 Å². The predicted octanol–water partition coefficient (Wildman–Crippen LogP) is 3.84. The summed E-state index contributed by atoms with van der Waals surface area (Å²) in [5.41, 5.74) is 3.10. The van der Waals surface area contributed by atoms with Crippen molar-refractivity contribution in [2.24, 2.45) is 0 Å². The molecule has 0 bridgehead atoms. The molecule has 0 fully saturated rings. The van der Waals surface area contributed by atoms with Gasteiger partial charge in [-0.25, -0.2) is 0 Å². The number of nitrogens with one attached hydrogen (secondary N) is 1. The Bertz CT molecular complexity index is 966. The highest BCUT2D eigenvalue weighted by atomic mass is 16.5. The Morgan fingerprint density at radius 3 is 2.48 bits per heavy atom. The maximum atomic E-state index is 12.5. The lowest BCUT2D eigenvalue weighted by Gasteiger charge is -2.17. The second-order valence-electron chi connectivity index (χ2n) is 6.72.